The molecular formula is C14H17N3. The van der Waals surface area contributed by atoms with Crippen LogP contribution in [0.1, 0.15) is 13.3 Å². The van der Waals surface area contributed by atoms with Crippen molar-refractivity contribution in [2.24, 2.45) is 0 Å². The van der Waals surface area contributed by atoms with Crippen LogP contribution >= 0.6 is 0 Å². The summed E-state index contributed by atoms with van der Waals surface area (Å²) in [7, 11) is 2.18. The van der Waals surface area contributed by atoms with E-state index in [2.05, 4.69) is 47.4 Å². The summed E-state index contributed by atoms with van der Waals surface area (Å²) in [5.41, 5.74) is 3.50. The first-order valence-corrected chi connectivity index (χ1v) is 6.15. The second-order valence-corrected chi connectivity index (χ2v) is 4.59. The van der Waals surface area contributed by atoms with Gasteiger partial charge in [0, 0.05) is 25.0 Å². The molecule has 0 saturated heterocycles. The molecule has 0 aliphatic carbocycles. The molecule has 0 bridgehead atoms. The number of nitrogens with one attached hydrogen (secondary N) is 1. The van der Waals surface area contributed by atoms with Crippen molar-refractivity contribution < 1.29 is 0 Å². The quantitative estimate of drug-likeness (QED) is 0.812. The Hall–Kier alpha value is -1.77. The highest BCUT2D eigenvalue weighted by Crippen LogP contribution is 2.36. The van der Waals surface area contributed by atoms with E-state index in [1.165, 1.54) is 11.1 Å². The van der Waals surface area contributed by atoms with E-state index in [0.717, 1.165) is 24.2 Å². The lowest BCUT2D eigenvalue weighted by molar-refractivity contribution is 0.624. The van der Waals surface area contributed by atoms with E-state index in [9.17, 15) is 0 Å². The fraction of sp³-hybridized carbons (Fsp3) is 0.357. The molecule has 1 aromatic heterocycles. The van der Waals surface area contributed by atoms with Gasteiger partial charge in [-0.2, -0.15) is 0 Å². The Morgan fingerprint density at radius 1 is 1.41 bits per heavy atom. The molecule has 3 nitrogen and oxygen atoms in total. The fourth-order valence-corrected chi connectivity index (χ4v) is 2.60. The molecule has 3 heteroatoms. The first-order valence-electron chi connectivity index (χ1n) is 6.15. The standard InChI is InChI=1S/C14H17N3/c1-3-10-8-15-13-9-16-12-7-5-4-6-11(12)14(13)17(10)2/h4-7,9-10,15H,3,8H2,1-2H3. The first-order chi connectivity index (χ1) is 8.31. The topological polar surface area (TPSA) is 28.2 Å². The van der Waals surface area contributed by atoms with Crippen molar-refractivity contribution in [3.63, 3.8) is 0 Å². The first kappa shape index (κ1) is 10.4. The number of aromatic nitrogens is 1. The third kappa shape index (κ3) is 1.54. The smallest absolute Gasteiger partial charge is 0.0771 e. The normalized spacial score (nSPS) is 18.9. The SMILES string of the molecule is CCC1CNc2cnc3ccccc3c2N1C. The van der Waals surface area contributed by atoms with Crippen LogP contribution in [0, 0.1) is 0 Å². The molecule has 1 N–H and O–H groups in total. The zero-order valence-electron chi connectivity index (χ0n) is 10.3. The van der Waals surface area contributed by atoms with Crippen LogP contribution in [0.2, 0.25) is 0 Å². The summed E-state index contributed by atoms with van der Waals surface area (Å²) in [6.07, 6.45) is 3.10. The molecule has 0 amide bonds. The van der Waals surface area contributed by atoms with Gasteiger partial charge in [0.15, 0.2) is 0 Å². The highest BCUT2D eigenvalue weighted by atomic mass is 15.2. The van der Waals surface area contributed by atoms with E-state index >= 15 is 0 Å². The molecule has 2 heterocycles. The Morgan fingerprint density at radius 2 is 2.24 bits per heavy atom. The van der Waals surface area contributed by atoms with E-state index in [0.29, 0.717) is 6.04 Å². The number of likely N-dealkylation sites (N-methyl/N-ethyl adjacent to an activating group) is 1. The van der Waals surface area contributed by atoms with Gasteiger partial charge in [-0.3, -0.25) is 4.98 Å². The molecule has 1 atom stereocenters. The predicted octanol–water partition coefficient (Wildman–Crippen LogP) is 2.88. The molecule has 0 spiro atoms. The minimum Gasteiger partial charge on any atom is -0.380 e. The Morgan fingerprint density at radius 3 is 3.06 bits per heavy atom. The van der Waals surface area contributed by atoms with Crippen LogP contribution in [-0.2, 0) is 0 Å². The van der Waals surface area contributed by atoms with Gasteiger partial charge in [-0.15, -0.1) is 0 Å². The van der Waals surface area contributed by atoms with E-state index in [1.807, 2.05) is 12.3 Å². The second-order valence-electron chi connectivity index (χ2n) is 4.59. The van der Waals surface area contributed by atoms with Crippen LogP contribution in [0.25, 0.3) is 10.9 Å². The van der Waals surface area contributed by atoms with Gasteiger partial charge in [0.25, 0.3) is 0 Å². The van der Waals surface area contributed by atoms with Crippen molar-refractivity contribution in [1.29, 1.82) is 0 Å². The van der Waals surface area contributed by atoms with Crippen molar-refractivity contribution in [2.75, 3.05) is 23.8 Å². The van der Waals surface area contributed by atoms with Crippen molar-refractivity contribution in [1.82, 2.24) is 4.98 Å². The van der Waals surface area contributed by atoms with Crippen LogP contribution in [0.3, 0.4) is 0 Å². The molecule has 1 aliphatic heterocycles. The van der Waals surface area contributed by atoms with Gasteiger partial charge in [-0.1, -0.05) is 25.1 Å². The van der Waals surface area contributed by atoms with E-state index in [-0.39, 0.29) is 0 Å². The monoisotopic (exact) mass is 227 g/mol. The number of anilines is 2. The number of benzene rings is 1. The van der Waals surface area contributed by atoms with Crippen molar-refractivity contribution in [3.05, 3.63) is 30.5 Å². The van der Waals surface area contributed by atoms with Gasteiger partial charge < -0.3 is 10.2 Å². The number of pyridine rings is 1. The van der Waals surface area contributed by atoms with Crippen LogP contribution < -0.4 is 10.2 Å². The molecule has 0 saturated carbocycles. The summed E-state index contributed by atoms with van der Waals surface area (Å²) in [4.78, 5) is 6.88. The van der Waals surface area contributed by atoms with Crippen LogP contribution in [0.15, 0.2) is 30.5 Å². The highest BCUT2D eigenvalue weighted by Gasteiger charge is 2.23. The average molecular weight is 227 g/mol. The van der Waals surface area contributed by atoms with Crippen LogP contribution in [-0.4, -0.2) is 24.6 Å². The minimum atomic E-state index is 0.563. The maximum Gasteiger partial charge on any atom is 0.0771 e. The number of rotatable bonds is 1. The number of nitrogens with zero attached hydrogens (tertiary/aromatic N) is 2. The molecule has 1 aromatic carbocycles. The molecule has 3 rings (SSSR count). The molecule has 0 radical (unpaired) electrons. The molecule has 17 heavy (non-hydrogen) atoms. The lowest BCUT2D eigenvalue weighted by Crippen LogP contribution is -2.41. The predicted molar refractivity (Wildman–Crippen MR) is 72.7 cm³/mol. The van der Waals surface area contributed by atoms with Gasteiger partial charge in [0.2, 0.25) is 0 Å². The second kappa shape index (κ2) is 3.91. The van der Waals surface area contributed by atoms with Crippen LogP contribution in [0.4, 0.5) is 11.4 Å². The summed E-state index contributed by atoms with van der Waals surface area (Å²) in [5.74, 6) is 0. The summed E-state index contributed by atoms with van der Waals surface area (Å²) >= 11 is 0. The van der Waals surface area contributed by atoms with Crippen molar-refractivity contribution >= 4 is 22.3 Å². The van der Waals surface area contributed by atoms with Gasteiger partial charge >= 0.3 is 0 Å². The van der Waals surface area contributed by atoms with E-state index in [1.54, 1.807) is 0 Å². The van der Waals surface area contributed by atoms with Gasteiger partial charge in [0.1, 0.15) is 0 Å². The van der Waals surface area contributed by atoms with Gasteiger partial charge in [0.05, 0.1) is 23.1 Å². The molecule has 0 fully saturated rings. The summed E-state index contributed by atoms with van der Waals surface area (Å²) in [6.45, 7) is 3.23. The maximum absolute atomic E-state index is 4.49. The number of hydrogen-bond acceptors (Lipinski definition) is 3. The Kier molecular flexibility index (Phi) is 2.39. The van der Waals surface area contributed by atoms with Crippen molar-refractivity contribution in [2.45, 2.75) is 19.4 Å². The highest BCUT2D eigenvalue weighted by molar-refractivity contribution is 5.98. The van der Waals surface area contributed by atoms with E-state index < -0.39 is 0 Å². The molecule has 1 unspecified atom stereocenters. The third-order valence-corrected chi connectivity index (χ3v) is 3.65. The lowest BCUT2D eigenvalue weighted by Gasteiger charge is -2.36. The Labute approximate surface area is 101 Å². The fourth-order valence-electron chi connectivity index (χ4n) is 2.60. The Balaban J connectivity index is 2.24. The third-order valence-electron chi connectivity index (χ3n) is 3.65. The minimum absolute atomic E-state index is 0.563. The van der Waals surface area contributed by atoms with Crippen molar-refractivity contribution in [3.8, 4) is 0 Å². The molecule has 88 valence electrons. The average Bonchev–Trinajstić information content (AvgIpc) is 2.38. The van der Waals surface area contributed by atoms with Gasteiger partial charge in [-0.25, -0.2) is 0 Å². The van der Waals surface area contributed by atoms with Gasteiger partial charge in [-0.05, 0) is 12.5 Å². The lowest BCUT2D eigenvalue weighted by atomic mass is 10.1. The zero-order chi connectivity index (χ0) is 11.8. The summed E-state index contributed by atoms with van der Waals surface area (Å²) in [6, 6.07) is 8.90. The number of para-hydroxylation sites is 1. The largest absolute Gasteiger partial charge is 0.380 e. The number of hydrogen-bond donors (Lipinski definition) is 1. The number of fused-ring (bicyclic) bond motifs is 3. The maximum atomic E-state index is 4.49. The van der Waals surface area contributed by atoms with E-state index in [4.69, 9.17) is 0 Å². The molecular weight excluding hydrogens is 210 g/mol. The summed E-state index contributed by atoms with van der Waals surface area (Å²) < 4.78 is 0. The van der Waals surface area contributed by atoms with Crippen LogP contribution in [0.5, 0.6) is 0 Å². The Bertz CT molecular complexity index is 550. The molecule has 1 aliphatic rings. The summed E-state index contributed by atoms with van der Waals surface area (Å²) in [5, 5.41) is 4.72. The zero-order valence-corrected chi connectivity index (χ0v) is 10.3. The molecule has 2 aromatic rings.